The lowest BCUT2D eigenvalue weighted by molar-refractivity contribution is -0.607. The van der Waals surface area contributed by atoms with Gasteiger partial charge in [-0.1, -0.05) is 25.2 Å². The summed E-state index contributed by atoms with van der Waals surface area (Å²) in [4.78, 5) is 11.8. The minimum Gasteiger partial charge on any atom is -0.618 e. The average molecular weight is 264 g/mol. The maximum Gasteiger partial charge on any atom is 0.323 e. The van der Waals surface area contributed by atoms with E-state index in [0.29, 0.717) is 9.86 Å². The van der Waals surface area contributed by atoms with E-state index in [2.05, 4.69) is 15.5 Å². The highest BCUT2D eigenvalue weighted by molar-refractivity contribution is 7.15. The van der Waals surface area contributed by atoms with Crippen molar-refractivity contribution in [3.05, 3.63) is 40.3 Å². The first kappa shape index (κ1) is 12.4. The molecule has 7 heteroatoms. The van der Waals surface area contributed by atoms with E-state index in [0.717, 1.165) is 5.01 Å². The molecule has 0 atom stereocenters. The lowest BCUT2D eigenvalue weighted by Gasteiger charge is -2.02. The van der Waals surface area contributed by atoms with Crippen molar-refractivity contribution >= 4 is 22.4 Å². The molecule has 0 bridgehead atoms. The fraction of sp³-hybridized carbons (Fsp3) is 0.273. The number of nitrogens with zero attached hydrogens (tertiary/aromatic N) is 3. The number of pyridine rings is 1. The number of hydrogen-bond acceptors (Lipinski definition) is 5. The SMILES string of the molecule is CC(C)c1nnc(NC(=O)c2cccc[n+]2[O-])s1. The van der Waals surface area contributed by atoms with Crippen LogP contribution in [0.3, 0.4) is 0 Å². The summed E-state index contributed by atoms with van der Waals surface area (Å²) in [5.74, 6) is -0.230. The zero-order valence-electron chi connectivity index (χ0n) is 9.95. The van der Waals surface area contributed by atoms with Gasteiger partial charge in [-0.15, -0.1) is 10.2 Å². The second kappa shape index (κ2) is 5.09. The highest BCUT2D eigenvalue weighted by Crippen LogP contribution is 2.22. The number of nitrogens with one attached hydrogen (secondary N) is 1. The van der Waals surface area contributed by atoms with Crippen molar-refractivity contribution in [3.8, 4) is 0 Å². The Kier molecular flexibility index (Phi) is 3.52. The van der Waals surface area contributed by atoms with Crippen LogP contribution in [0, 0.1) is 5.21 Å². The van der Waals surface area contributed by atoms with E-state index in [1.165, 1.54) is 23.6 Å². The summed E-state index contributed by atoms with van der Waals surface area (Å²) < 4.78 is 0.514. The largest absolute Gasteiger partial charge is 0.618 e. The zero-order chi connectivity index (χ0) is 13.1. The summed E-state index contributed by atoms with van der Waals surface area (Å²) in [6, 6.07) is 4.64. The van der Waals surface area contributed by atoms with Gasteiger partial charge in [0.1, 0.15) is 5.01 Å². The molecule has 2 aromatic heterocycles. The van der Waals surface area contributed by atoms with E-state index in [-0.39, 0.29) is 11.6 Å². The molecule has 0 fully saturated rings. The quantitative estimate of drug-likeness (QED) is 0.673. The summed E-state index contributed by atoms with van der Waals surface area (Å²) >= 11 is 1.30. The maximum atomic E-state index is 11.8. The van der Waals surface area contributed by atoms with E-state index >= 15 is 0 Å². The van der Waals surface area contributed by atoms with E-state index in [1.54, 1.807) is 12.1 Å². The van der Waals surface area contributed by atoms with Crippen molar-refractivity contribution in [1.29, 1.82) is 0 Å². The van der Waals surface area contributed by atoms with E-state index < -0.39 is 5.91 Å². The van der Waals surface area contributed by atoms with E-state index in [4.69, 9.17) is 0 Å². The third-order valence-corrected chi connectivity index (χ3v) is 3.35. The second-order valence-corrected chi connectivity index (χ2v) is 4.98. The summed E-state index contributed by atoms with van der Waals surface area (Å²) in [7, 11) is 0. The Bertz CT molecular complexity index is 568. The summed E-state index contributed by atoms with van der Waals surface area (Å²) in [6.45, 7) is 3.99. The lowest BCUT2D eigenvalue weighted by Crippen LogP contribution is -2.36. The number of carbonyl (C=O) groups excluding carboxylic acids is 1. The van der Waals surface area contributed by atoms with Gasteiger partial charge in [0, 0.05) is 18.1 Å². The summed E-state index contributed by atoms with van der Waals surface area (Å²) in [5, 5.41) is 23.0. The molecule has 0 aliphatic heterocycles. The van der Waals surface area contributed by atoms with Crippen LogP contribution in [0.5, 0.6) is 0 Å². The van der Waals surface area contributed by atoms with Crippen molar-refractivity contribution in [2.45, 2.75) is 19.8 Å². The highest BCUT2D eigenvalue weighted by atomic mass is 32.1. The van der Waals surface area contributed by atoms with Crippen LogP contribution in [0.25, 0.3) is 0 Å². The minimum atomic E-state index is -0.489. The molecule has 2 rings (SSSR count). The van der Waals surface area contributed by atoms with Crippen LogP contribution in [0.2, 0.25) is 0 Å². The van der Waals surface area contributed by atoms with Crippen LogP contribution < -0.4 is 10.0 Å². The van der Waals surface area contributed by atoms with Crippen molar-refractivity contribution < 1.29 is 9.52 Å². The van der Waals surface area contributed by atoms with Gasteiger partial charge in [0.15, 0.2) is 6.20 Å². The van der Waals surface area contributed by atoms with Crippen molar-refractivity contribution in [3.63, 3.8) is 0 Å². The highest BCUT2D eigenvalue weighted by Gasteiger charge is 2.17. The zero-order valence-corrected chi connectivity index (χ0v) is 10.8. The summed E-state index contributed by atoms with van der Waals surface area (Å²) in [6.07, 6.45) is 1.27. The number of amides is 1. The van der Waals surface area contributed by atoms with Gasteiger partial charge in [0.05, 0.1) is 0 Å². The lowest BCUT2D eigenvalue weighted by atomic mass is 10.2. The molecular weight excluding hydrogens is 252 g/mol. The first-order valence-corrected chi connectivity index (χ1v) is 6.22. The number of anilines is 1. The number of hydrogen-bond donors (Lipinski definition) is 1. The van der Waals surface area contributed by atoms with Crippen LogP contribution >= 0.6 is 11.3 Å². The molecule has 0 spiro atoms. The monoisotopic (exact) mass is 264 g/mol. The van der Waals surface area contributed by atoms with Gasteiger partial charge in [-0.2, -0.15) is 4.73 Å². The third-order valence-electron chi connectivity index (χ3n) is 2.21. The molecule has 0 aromatic carbocycles. The first-order valence-electron chi connectivity index (χ1n) is 5.41. The number of carbonyl (C=O) groups is 1. The molecule has 1 amide bonds. The van der Waals surface area contributed by atoms with Crippen LogP contribution in [-0.4, -0.2) is 16.1 Å². The van der Waals surface area contributed by atoms with Crippen LogP contribution in [0.15, 0.2) is 24.4 Å². The van der Waals surface area contributed by atoms with Crippen molar-refractivity contribution in [2.75, 3.05) is 5.32 Å². The molecule has 18 heavy (non-hydrogen) atoms. The Morgan fingerprint density at radius 1 is 1.44 bits per heavy atom. The van der Waals surface area contributed by atoms with Crippen LogP contribution in [-0.2, 0) is 0 Å². The molecule has 0 saturated heterocycles. The number of rotatable bonds is 3. The van der Waals surface area contributed by atoms with Crippen LogP contribution in [0.4, 0.5) is 5.13 Å². The molecule has 0 aliphatic carbocycles. The molecule has 0 radical (unpaired) electrons. The predicted molar refractivity (Wildman–Crippen MR) is 67.4 cm³/mol. The topological polar surface area (TPSA) is 81.8 Å². The van der Waals surface area contributed by atoms with Gasteiger partial charge in [0.2, 0.25) is 5.13 Å². The molecule has 0 aliphatic rings. The molecule has 94 valence electrons. The Morgan fingerprint density at radius 3 is 2.83 bits per heavy atom. The van der Waals surface area contributed by atoms with Gasteiger partial charge in [-0.05, 0) is 6.07 Å². The maximum absolute atomic E-state index is 11.8. The standard InChI is InChI=1S/C11H12N4O2S/c1-7(2)10-13-14-11(18-10)12-9(16)8-5-3-4-6-15(8)17/h3-7H,1-2H3,(H,12,14,16). The second-order valence-electron chi connectivity index (χ2n) is 3.97. The third kappa shape index (κ3) is 2.62. The Hall–Kier alpha value is -2.02. The Morgan fingerprint density at radius 2 is 2.22 bits per heavy atom. The smallest absolute Gasteiger partial charge is 0.323 e. The van der Waals surface area contributed by atoms with Gasteiger partial charge in [-0.25, -0.2) is 0 Å². The Balaban J connectivity index is 2.14. The van der Waals surface area contributed by atoms with E-state index in [9.17, 15) is 10.0 Å². The van der Waals surface area contributed by atoms with Crippen LogP contribution in [0.1, 0.15) is 35.3 Å². The van der Waals surface area contributed by atoms with Gasteiger partial charge in [0.25, 0.3) is 5.69 Å². The first-order chi connectivity index (χ1) is 8.58. The molecular formula is C11H12N4O2S. The summed E-state index contributed by atoms with van der Waals surface area (Å²) in [5.41, 5.74) is 0.0267. The average Bonchev–Trinajstić information content (AvgIpc) is 2.78. The molecule has 0 unspecified atom stereocenters. The van der Waals surface area contributed by atoms with Gasteiger partial charge >= 0.3 is 5.91 Å². The molecule has 6 nitrogen and oxygen atoms in total. The molecule has 1 N–H and O–H groups in total. The molecule has 2 aromatic rings. The molecule has 0 saturated carbocycles. The predicted octanol–water partition coefficient (Wildman–Crippen LogP) is 1.55. The fourth-order valence-electron chi connectivity index (χ4n) is 1.28. The Labute approximate surface area is 108 Å². The fourth-order valence-corrected chi connectivity index (χ4v) is 2.02. The molecule has 2 heterocycles. The van der Waals surface area contributed by atoms with Gasteiger partial charge < -0.3 is 5.21 Å². The van der Waals surface area contributed by atoms with Crippen molar-refractivity contribution in [2.24, 2.45) is 0 Å². The van der Waals surface area contributed by atoms with Gasteiger partial charge in [-0.3, -0.25) is 10.1 Å². The van der Waals surface area contributed by atoms with Crippen molar-refractivity contribution in [1.82, 2.24) is 10.2 Å². The minimum absolute atomic E-state index is 0.0267. The number of aromatic nitrogens is 3. The normalized spacial score (nSPS) is 10.6. The van der Waals surface area contributed by atoms with E-state index in [1.807, 2.05) is 13.8 Å².